The molecule has 1 amide bonds. The van der Waals surface area contributed by atoms with E-state index < -0.39 is 0 Å². The lowest BCUT2D eigenvalue weighted by molar-refractivity contribution is 0.0600. The zero-order valence-corrected chi connectivity index (χ0v) is 21.4. The number of nitrogens with one attached hydrogen (secondary N) is 1. The summed E-state index contributed by atoms with van der Waals surface area (Å²) >= 11 is 0. The number of ether oxygens (including phenoxy) is 1. The van der Waals surface area contributed by atoms with Crippen LogP contribution in [0.15, 0.2) is 60.7 Å². The molecule has 3 heterocycles. The molecule has 2 aliphatic heterocycles. The number of aromatic nitrogens is 1. The highest BCUT2D eigenvalue weighted by Crippen LogP contribution is 2.49. The summed E-state index contributed by atoms with van der Waals surface area (Å²) < 4.78 is 4.91. The van der Waals surface area contributed by atoms with Crippen molar-refractivity contribution in [1.29, 1.82) is 0 Å². The summed E-state index contributed by atoms with van der Waals surface area (Å²) in [5.74, 6) is 0.396. The van der Waals surface area contributed by atoms with Gasteiger partial charge in [-0.1, -0.05) is 30.4 Å². The van der Waals surface area contributed by atoms with Crippen LogP contribution in [0.2, 0.25) is 0 Å². The Morgan fingerprint density at radius 3 is 2.57 bits per heavy atom. The molecule has 3 aliphatic rings. The van der Waals surface area contributed by atoms with Crippen molar-refractivity contribution in [3.63, 3.8) is 0 Å². The molecule has 0 saturated heterocycles. The van der Waals surface area contributed by atoms with Gasteiger partial charge in [0.1, 0.15) is 0 Å². The Hall–Kier alpha value is -3.51. The SMILES string of the molecule is COC(=O)c1ccc2c(c1)[C@H]1C=C[C@@H]2N1CC[C@H]1CC[C@H](NC(=O)c2cccc3nc(C)ccc23)CC1. The van der Waals surface area contributed by atoms with Crippen molar-refractivity contribution in [3.8, 4) is 0 Å². The van der Waals surface area contributed by atoms with Gasteiger partial charge in [0.2, 0.25) is 0 Å². The number of aryl methyl sites for hydroxylation is 1. The first-order chi connectivity index (χ1) is 18.0. The number of rotatable bonds is 6. The van der Waals surface area contributed by atoms with Crippen LogP contribution in [-0.4, -0.2) is 41.5 Å². The fourth-order valence-corrected chi connectivity index (χ4v) is 6.44. The van der Waals surface area contributed by atoms with Gasteiger partial charge in [-0.25, -0.2) is 4.79 Å². The van der Waals surface area contributed by atoms with Crippen molar-refractivity contribution >= 4 is 22.8 Å². The quantitative estimate of drug-likeness (QED) is 0.352. The summed E-state index contributed by atoms with van der Waals surface area (Å²) in [5, 5.41) is 4.20. The van der Waals surface area contributed by atoms with Gasteiger partial charge in [0, 0.05) is 29.2 Å². The van der Waals surface area contributed by atoms with Gasteiger partial charge in [-0.15, -0.1) is 0 Å². The number of carbonyl (C=O) groups excluding carboxylic acids is 2. The predicted molar refractivity (Wildman–Crippen MR) is 143 cm³/mol. The Morgan fingerprint density at radius 1 is 1.00 bits per heavy atom. The van der Waals surface area contributed by atoms with Crippen molar-refractivity contribution in [1.82, 2.24) is 15.2 Å². The molecule has 6 rings (SSSR count). The van der Waals surface area contributed by atoms with E-state index in [1.165, 1.54) is 18.2 Å². The molecule has 190 valence electrons. The van der Waals surface area contributed by atoms with E-state index >= 15 is 0 Å². The monoisotopic (exact) mass is 495 g/mol. The molecule has 1 aromatic heterocycles. The number of fused-ring (bicyclic) bond motifs is 6. The second-order valence-corrected chi connectivity index (χ2v) is 10.7. The highest BCUT2D eigenvalue weighted by Gasteiger charge is 2.40. The lowest BCUT2D eigenvalue weighted by Gasteiger charge is -2.31. The summed E-state index contributed by atoms with van der Waals surface area (Å²) in [4.78, 5) is 32.2. The number of pyridine rings is 1. The number of nitrogens with zero attached hydrogens (tertiary/aromatic N) is 2. The van der Waals surface area contributed by atoms with Gasteiger partial charge in [0.05, 0.1) is 30.3 Å². The average Bonchev–Trinajstić information content (AvgIpc) is 3.47. The molecular weight excluding hydrogens is 462 g/mol. The lowest BCUT2D eigenvalue weighted by Crippen LogP contribution is -2.38. The molecule has 6 heteroatoms. The molecule has 3 aromatic rings. The van der Waals surface area contributed by atoms with Crippen molar-refractivity contribution < 1.29 is 14.3 Å². The van der Waals surface area contributed by atoms with E-state index in [-0.39, 0.29) is 24.0 Å². The van der Waals surface area contributed by atoms with Crippen LogP contribution in [0.5, 0.6) is 0 Å². The molecule has 0 unspecified atom stereocenters. The smallest absolute Gasteiger partial charge is 0.337 e. The van der Waals surface area contributed by atoms with Crippen LogP contribution in [0.25, 0.3) is 10.9 Å². The molecular formula is C31H33N3O3. The number of hydrogen-bond acceptors (Lipinski definition) is 5. The first-order valence-corrected chi connectivity index (χ1v) is 13.4. The van der Waals surface area contributed by atoms with Gasteiger partial charge < -0.3 is 10.1 Å². The Morgan fingerprint density at radius 2 is 1.78 bits per heavy atom. The molecule has 0 radical (unpaired) electrons. The number of benzene rings is 2. The van der Waals surface area contributed by atoms with E-state index in [2.05, 4.69) is 33.4 Å². The van der Waals surface area contributed by atoms with Crippen LogP contribution in [-0.2, 0) is 4.74 Å². The molecule has 1 N–H and O–H groups in total. The van der Waals surface area contributed by atoms with Crippen LogP contribution in [0, 0.1) is 12.8 Å². The van der Waals surface area contributed by atoms with E-state index in [4.69, 9.17) is 4.74 Å². The number of esters is 1. The Kier molecular flexibility index (Phi) is 6.29. The van der Waals surface area contributed by atoms with Gasteiger partial charge in [0.15, 0.2) is 0 Å². The largest absolute Gasteiger partial charge is 0.465 e. The van der Waals surface area contributed by atoms with Gasteiger partial charge in [0.25, 0.3) is 5.91 Å². The second-order valence-electron chi connectivity index (χ2n) is 10.7. The van der Waals surface area contributed by atoms with Crippen molar-refractivity contribution in [2.75, 3.05) is 13.7 Å². The number of amides is 1. The Balaban J connectivity index is 1.02. The summed E-state index contributed by atoms with van der Waals surface area (Å²) in [6, 6.07) is 16.5. The fourth-order valence-electron chi connectivity index (χ4n) is 6.44. The van der Waals surface area contributed by atoms with E-state index in [0.717, 1.165) is 55.2 Å². The van der Waals surface area contributed by atoms with Crippen LogP contribution in [0.3, 0.4) is 0 Å². The molecule has 37 heavy (non-hydrogen) atoms. The average molecular weight is 496 g/mol. The maximum Gasteiger partial charge on any atom is 0.337 e. The molecule has 2 bridgehead atoms. The van der Waals surface area contributed by atoms with Crippen LogP contribution >= 0.6 is 0 Å². The molecule has 1 aliphatic carbocycles. The first kappa shape index (κ1) is 23.9. The number of hydrogen-bond donors (Lipinski definition) is 1. The van der Waals surface area contributed by atoms with Gasteiger partial charge in [-0.3, -0.25) is 14.7 Å². The lowest BCUT2D eigenvalue weighted by atomic mass is 9.84. The van der Waals surface area contributed by atoms with Crippen molar-refractivity contribution in [3.05, 3.63) is 88.6 Å². The first-order valence-electron chi connectivity index (χ1n) is 13.4. The summed E-state index contributed by atoms with van der Waals surface area (Å²) in [7, 11) is 1.43. The van der Waals surface area contributed by atoms with Gasteiger partial charge >= 0.3 is 5.97 Å². The van der Waals surface area contributed by atoms with Gasteiger partial charge in [-0.2, -0.15) is 0 Å². The summed E-state index contributed by atoms with van der Waals surface area (Å²) in [6.07, 6.45) is 10.0. The summed E-state index contributed by atoms with van der Waals surface area (Å²) in [6.45, 7) is 3.00. The normalized spacial score (nSPS) is 24.3. The van der Waals surface area contributed by atoms with Gasteiger partial charge in [-0.05, 0) is 86.4 Å². The third-order valence-electron chi connectivity index (χ3n) is 8.43. The number of carbonyl (C=O) groups is 2. The maximum absolute atomic E-state index is 13.1. The van der Waals surface area contributed by atoms with Crippen LogP contribution in [0.4, 0.5) is 0 Å². The van der Waals surface area contributed by atoms with Crippen LogP contribution < -0.4 is 5.32 Å². The minimum atomic E-state index is -0.280. The molecule has 0 spiro atoms. The molecule has 2 aromatic carbocycles. The molecule has 1 saturated carbocycles. The zero-order chi connectivity index (χ0) is 25.5. The molecule has 6 nitrogen and oxygen atoms in total. The maximum atomic E-state index is 13.1. The summed E-state index contributed by atoms with van der Waals surface area (Å²) in [5.41, 5.74) is 5.70. The number of methoxy groups -OCH3 is 1. The van der Waals surface area contributed by atoms with E-state index in [1.54, 1.807) is 0 Å². The standard InChI is InChI=1S/C31H33N3O3/c1-19-6-12-23-25(4-3-5-27(23)32-19)30(35)33-22-10-7-20(8-11-22)16-17-34-28-14-15-29(34)26-18-21(31(36)37-2)9-13-24(26)28/h3-6,9,12-15,18,20,22,28-29H,7-8,10-11,16-17H2,1-2H3,(H,33,35)/t20-,22-,28-,29+/m0/s1. The minimum absolute atomic E-state index is 0.00325. The van der Waals surface area contributed by atoms with E-state index in [9.17, 15) is 9.59 Å². The minimum Gasteiger partial charge on any atom is -0.465 e. The van der Waals surface area contributed by atoms with E-state index in [0.29, 0.717) is 23.1 Å². The molecule has 2 atom stereocenters. The Bertz CT molecular complexity index is 1390. The zero-order valence-electron chi connectivity index (χ0n) is 21.4. The molecule has 1 fully saturated rings. The Labute approximate surface area is 217 Å². The third-order valence-corrected chi connectivity index (χ3v) is 8.43. The van der Waals surface area contributed by atoms with Crippen LogP contribution in [0.1, 0.15) is 81.7 Å². The van der Waals surface area contributed by atoms with Crippen molar-refractivity contribution in [2.24, 2.45) is 5.92 Å². The second kappa shape index (κ2) is 9.75. The highest BCUT2D eigenvalue weighted by molar-refractivity contribution is 6.06. The predicted octanol–water partition coefficient (Wildman–Crippen LogP) is 5.68. The van der Waals surface area contributed by atoms with Crippen molar-refractivity contribution in [2.45, 2.75) is 57.2 Å². The van der Waals surface area contributed by atoms with E-state index in [1.807, 2.05) is 49.4 Å². The fraction of sp³-hybridized carbons (Fsp3) is 0.387. The topological polar surface area (TPSA) is 71.5 Å². The highest BCUT2D eigenvalue weighted by atomic mass is 16.5. The third kappa shape index (κ3) is 4.44.